The van der Waals surface area contributed by atoms with Crippen LogP contribution in [0.2, 0.25) is 0 Å². The van der Waals surface area contributed by atoms with E-state index in [2.05, 4.69) is 19.2 Å². The van der Waals surface area contributed by atoms with Crippen LogP contribution in [0.4, 0.5) is 0 Å². The number of aliphatic hydroxyl groups excluding tert-OH is 2. The van der Waals surface area contributed by atoms with Gasteiger partial charge in [-0.1, -0.05) is 26.7 Å². The van der Waals surface area contributed by atoms with Gasteiger partial charge in [0.1, 0.15) is 0 Å². The van der Waals surface area contributed by atoms with E-state index in [1.165, 1.54) is 25.7 Å². The molecule has 3 heteroatoms. The summed E-state index contributed by atoms with van der Waals surface area (Å²) in [7, 11) is 0. The van der Waals surface area contributed by atoms with Crippen LogP contribution < -0.4 is 5.32 Å². The number of aliphatic hydroxyl groups is 2. The Bertz CT molecular complexity index is 173. The van der Waals surface area contributed by atoms with Crippen molar-refractivity contribution in [2.45, 2.75) is 51.7 Å². The highest BCUT2D eigenvalue weighted by Crippen LogP contribution is 2.30. The summed E-state index contributed by atoms with van der Waals surface area (Å²) in [5.74, 6) is 1.43. The van der Waals surface area contributed by atoms with Crippen LogP contribution in [-0.2, 0) is 0 Å². The summed E-state index contributed by atoms with van der Waals surface area (Å²) >= 11 is 0. The van der Waals surface area contributed by atoms with E-state index in [1.54, 1.807) is 0 Å². The van der Waals surface area contributed by atoms with E-state index in [0.717, 1.165) is 5.92 Å². The van der Waals surface area contributed by atoms with Crippen LogP contribution in [0.3, 0.4) is 0 Å². The maximum atomic E-state index is 9.30. The normalized spacial score (nSPS) is 29.4. The molecule has 1 saturated carbocycles. The molecule has 90 valence electrons. The monoisotopic (exact) mass is 215 g/mol. The molecule has 0 aromatic heterocycles. The molecule has 1 fully saturated rings. The van der Waals surface area contributed by atoms with E-state index in [1.807, 2.05) is 0 Å². The third-order valence-corrected chi connectivity index (χ3v) is 3.50. The van der Waals surface area contributed by atoms with Crippen molar-refractivity contribution in [3.8, 4) is 0 Å². The van der Waals surface area contributed by atoms with Gasteiger partial charge in [-0.15, -0.1) is 0 Å². The highest BCUT2D eigenvalue weighted by molar-refractivity contribution is 4.83. The van der Waals surface area contributed by atoms with Crippen molar-refractivity contribution in [3.05, 3.63) is 0 Å². The van der Waals surface area contributed by atoms with Crippen molar-refractivity contribution in [3.63, 3.8) is 0 Å². The zero-order valence-electron chi connectivity index (χ0n) is 9.95. The van der Waals surface area contributed by atoms with Crippen molar-refractivity contribution in [2.75, 3.05) is 13.2 Å². The first kappa shape index (κ1) is 12.9. The van der Waals surface area contributed by atoms with Gasteiger partial charge in [-0.05, 0) is 24.7 Å². The van der Waals surface area contributed by atoms with Gasteiger partial charge in [0.2, 0.25) is 0 Å². The first-order valence-corrected chi connectivity index (χ1v) is 6.17. The summed E-state index contributed by atoms with van der Waals surface area (Å²) in [5.41, 5.74) is 0. The Morgan fingerprint density at radius 2 is 1.93 bits per heavy atom. The second-order valence-corrected chi connectivity index (χ2v) is 5.04. The molecular formula is C12H25NO2. The maximum absolute atomic E-state index is 9.30. The molecule has 0 aliphatic heterocycles. The fourth-order valence-electron chi connectivity index (χ4n) is 2.56. The molecule has 15 heavy (non-hydrogen) atoms. The lowest BCUT2D eigenvalue weighted by molar-refractivity contribution is 0.0841. The zero-order valence-corrected chi connectivity index (χ0v) is 9.95. The van der Waals surface area contributed by atoms with Crippen LogP contribution in [0.25, 0.3) is 0 Å². The van der Waals surface area contributed by atoms with Gasteiger partial charge in [0, 0.05) is 12.6 Å². The summed E-state index contributed by atoms with van der Waals surface area (Å²) in [4.78, 5) is 0. The summed E-state index contributed by atoms with van der Waals surface area (Å²) in [5, 5.41) is 21.4. The van der Waals surface area contributed by atoms with Crippen LogP contribution in [-0.4, -0.2) is 35.5 Å². The number of hydrogen-bond acceptors (Lipinski definition) is 3. The van der Waals surface area contributed by atoms with Crippen molar-refractivity contribution >= 4 is 0 Å². The van der Waals surface area contributed by atoms with Gasteiger partial charge in [0.15, 0.2) is 0 Å². The number of rotatable bonds is 5. The predicted octanol–water partition coefficient (Wildman–Crippen LogP) is 1.14. The quantitative estimate of drug-likeness (QED) is 0.645. The Balaban J connectivity index is 2.36. The van der Waals surface area contributed by atoms with Gasteiger partial charge >= 0.3 is 0 Å². The van der Waals surface area contributed by atoms with E-state index in [9.17, 15) is 5.11 Å². The van der Waals surface area contributed by atoms with Crippen molar-refractivity contribution in [1.29, 1.82) is 0 Å². The molecule has 3 nitrogen and oxygen atoms in total. The van der Waals surface area contributed by atoms with Gasteiger partial charge in [-0.25, -0.2) is 0 Å². The molecule has 0 heterocycles. The summed E-state index contributed by atoms with van der Waals surface area (Å²) in [6.07, 6.45) is 4.52. The van der Waals surface area contributed by atoms with Gasteiger partial charge in [0.25, 0.3) is 0 Å². The molecule has 1 aliphatic rings. The first-order valence-electron chi connectivity index (χ1n) is 6.17. The van der Waals surface area contributed by atoms with E-state index in [-0.39, 0.29) is 6.61 Å². The lowest BCUT2D eigenvalue weighted by Crippen LogP contribution is -2.44. The molecular weight excluding hydrogens is 190 g/mol. The minimum Gasteiger partial charge on any atom is -0.394 e. The lowest BCUT2D eigenvalue weighted by Gasteiger charge is -2.35. The molecule has 0 aromatic rings. The highest BCUT2D eigenvalue weighted by atomic mass is 16.3. The van der Waals surface area contributed by atoms with Gasteiger partial charge in [-0.2, -0.15) is 0 Å². The maximum Gasteiger partial charge on any atom is 0.0895 e. The van der Waals surface area contributed by atoms with E-state index in [4.69, 9.17) is 5.11 Å². The first-order chi connectivity index (χ1) is 7.15. The molecule has 3 atom stereocenters. The molecule has 3 N–H and O–H groups in total. The fourth-order valence-corrected chi connectivity index (χ4v) is 2.56. The van der Waals surface area contributed by atoms with Crippen molar-refractivity contribution in [2.24, 2.45) is 11.8 Å². The summed E-state index contributed by atoms with van der Waals surface area (Å²) in [6.45, 7) is 4.91. The van der Waals surface area contributed by atoms with E-state index < -0.39 is 6.10 Å². The lowest BCUT2D eigenvalue weighted by atomic mass is 9.78. The molecule has 0 bridgehead atoms. The smallest absolute Gasteiger partial charge is 0.0895 e. The second-order valence-electron chi connectivity index (χ2n) is 5.04. The van der Waals surface area contributed by atoms with E-state index >= 15 is 0 Å². The molecule has 0 amide bonds. The zero-order chi connectivity index (χ0) is 11.3. The molecule has 0 radical (unpaired) electrons. The SMILES string of the molecule is CC(C)C1CCCCC1NCC(O)CO. The minimum absolute atomic E-state index is 0.147. The average Bonchev–Trinajstić information content (AvgIpc) is 2.26. The molecule has 0 saturated heterocycles. The number of nitrogens with one attached hydrogen (secondary N) is 1. The molecule has 0 aromatic carbocycles. The largest absolute Gasteiger partial charge is 0.394 e. The van der Waals surface area contributed by atoms with Crippen LogP contribution in [0.15, 0.2) is 0 Å². The molecule has 1 rings (SSSR count). The average molecular weight is 215 g/mol. The van der Waals surface area contributed by atoms with Crippen molar-refractivity contribution < 1.29 is 10.2 Å². The third-order valence-electron chi connectivity index (χ3n) is 3.50. The van der Waals surface area contributed by atoms with Crippen LogP contribution >= 0.6 is 0 Å². The molecule has 3 unspecified atom stereocenters. The summed E-state index contributed by atoms with van der Waals surface area (Å²) < 4.78 is 0. The van der Waals surface area contributed by atoms with Gasteiger partial charge < -0.3 is 15.5 Å². The van der Waals surface area contributed by atoms with Crippen LogP contribution in [0, 0.1) is 11.8 Å². The van der Waals surface area contributed by atoms with Crippen molar-refractivity contribution in [1.82, 2.24) is 5.32 Å². The Morgan fingerprint density at radius 3 is 2.53 bits per heavy atom. The highest BCUT2D eigenvalue weighted by Gasteiger charge is 2.27. The Hall–Kier alpha value is -0.120. The van der Waals surface area contributed by atoms with Gasteiger partial charge in [-0.3, -0.25) is 0 Å². The Morgan fingerprint density at radius 1 is 1.27 bits per heavy atom. The molecule has 0 spiro atoms. The predicted molar refractivity (Wildman–Crippen MR) is 61.7 cm³/mol. The number of hydrogen-bond donors (Lipinski definition) is 3. The Kier molecular flexibility index (Phi) is 5.58. The van der Waals surface area contributed by atoms with Gasteiger partial charge in [0.05, 0.1) is 12.7 Å². The van der Waals surface area contributed by atoms with Crippen LogP contribution in [0.5, 0.6) is 0 Å². The third kappa shape index (κ3) is 4.09. The topological polar surface area (TPSA) is 52.5 Å². The minimum atomic E-state index is -0.611. The van der Waals surface area contributed by atoms with Crippen LogP contribution in [0.1, 0.15) is 39.5 Å². The second kappa shape index (κ2) is 6.46. The molecule has 1 aliphatic carbocycles. The summed E-state index contributed by atoms with van der Waals surface area (Å²) in [6, 6.07) is 0.528. The Labute approximate surface area is 92.9 Å². The fraction of sp³-hybridized carbons (Fsp3) is 1.00. The standard InChI is InChI=1S/C12H25NO2/c1-9(2)11-5-3-4-6-12(11)13-7-10(15)8-14/h9-15H,3-8H2,1-2H3. The van der Waals surface area contributed by atoms with E-state index in [0.29, 0.717) is 18.5 Å².